The van der Waals surface area contributed by atoms with Gasteiger partial charge in [-0.25, -0.2) is 0 Å². The van der Waals surface area contributed by atoms with E-state index in [2.05, 4.69) is 16.3 Å². The lowest BCUT2D eigenvalue weighted by molar-refractivity contribution is -0.112. The SMILES string of the molecule is Cc1nnc(SCC(=O)/C(C#N)=C2\Sc3ccccc3N2C)n1C. The number of benzene rings is 1. The van der Waals surface area contributed by atoms with E-state index in [-0.39, 0.29) is 17.1 Å². The minimum absolute atomic E-state index is 0.156. The van der Waals surface area contributed by atoms with Crippen LogP contribution in [0.5, 0.6) is 0 Å². The predicted molar refractivity (Wildman–Crippen MR) is 94.8 cm³/mol. The van der Waals surface area contributed by atoms with E-state index in [0.717, 1.165) is 16.4 Å². The quantitative estimate of drug-likeness (QED) is 0.473. The number of aromatic nitrogens is 3. The molecule has 1 aliphatic heterocycles. The second kappa shape index (κ2) is 6.71. The van der Waals surface area contributed by atoms with Gasteiger partial charge in [0.15, 0.2) is 10.9 Å². The van der Waals surface area contributed by atoms with Gasteiger partial charge in [0.25, 0.3) is 0 Å². The molecule has 3 rings (SSSR count). The highest BCUT2D eigenvalue weighted by Gasteiger charge is 2.27. The average molecular weight is 357 g/mol. The van der Waals surface area contributed by atoms with Crippen LogP contribution in [0, 0.1) is 18.3 Å². The van der Waals surface area contributed by atoms with Crippen molar-refractivity contribution in [2.45, 2.75) is 17.0 Å². The molecule has 6 nitrogen and oxygen atoms in total. The molecular formula is C16H15N5OS2. The van der Waals surface area contributed by atoms with Gasteiger partial charge in [0, 0.05) is 19.0 Å². The highest BCUT2D eigenvalue weighted by molar-refractivity contribution is 8.03. The highest BCUT2D eigenvalue weighted by atomic mass is 32.2. The zero-order chi connectivity index (χ0) is 17.3. The van der Waals surface area contributed by atoms with Crippen LogP contribution in [0.25, 0.3) is 0 Å². The first-order valence-corrected chi connectivity index (χ1v) is 9.00. The molecule has 0 aliphatic carbocycles. The van der Waals surface area contributed by atoms with Crippen LogP contribution in [-0.4, -0.2) is 33.3 Å². The molecule has 0 unspecified atom stereocenters. The van der Waals surface area contributed by atoms with Gasteiger partial charge < -0.3 is 9.47 Å². The van der Waals surface area contributed by atoms with E-state index < -0.39 is 0 Å². The van der Waals surface area contributed by atoms with Crippen molar-refractivity contribution in [2.75, 3.05) is 17.7 Å². The summed E-state index contributed by atoms with van der Waals surface area (Å²) in [6.07, 6.45) is 0. The number of hydrogen-bond acceptors (Lipinski definition) is 7. The number of nitrogens with zero attached hydrogens (tertiary/aromatic N) is 5. The Kier molecular flexibility index (Phi) is 4.64. The van der Waals surface area contributed by atoms with Crippen molar-refractivity contribution < 1.29 is 4.79 Å². The van der Waals surface area contributed by atoms with Crippen LogP contribution >= 0.6 is 23.5 Å². The van der Waals surface area contributed by atoms with Crippen LogP contribution in [0.15, 0.2) is 44.9 Å². The summed E-state index contributed by atoms with van der Waals surface area (Å²) in [5.41, 5.74) is 1.19. The maximum absolute atomic E-state index is 12.6. The Morgan fingerprint density at radius 3 is 2.71 bits per heavy atom. The molecule has 1 aromatic carbocycles. The summed E-state index contributed by atoms with van der Waals surface area (Å²) in [5, 5.41) is 18.8. The van der Waals surface area contributed by atoms with Gasteiger partial charge in [-0.05, 0) is 19.1 Å². The molecule has 0 amide bonds. The molecule has 0 radical (unpaired) electrons. The van der Waals surface area contributed by atoms with Crippen molar-refractivity contribution in [2.24, 2.45) is 7.05 Å². The summed E-state index contributed by atoms with van der Waals surface area (Å²) in [7, 11) is 3.72. The molecule has 24 heavy (non-hydrogen) atoms. The van der Waals surface area contributed by atoms with Crippen LogP contribution in [0.1, 0.15) is 5.82 Å². The maximum atomic E-state index is 12.6. The number of nitriles is 1. The van der Waals surface area contributed by atoms with Crippen molar-refractivity contribution in [3.8, 4) is 6.07 Å². The second-order valence-corrected chi connectivity index (χ2v) is 7.19. The van der Waals surface area contributed by atoms with Crippen molar-refractivity contribution >= 4 is 35.0 Å². The number of aryl methyl sites for hydroxylation is 1. The van der Waals surface area contributed by atoms with Gasteiger partial charge in [0.05, 0.1) is 11.4 Å². The van der Waals surface area contributed by atoms with E-state index >= 15 is 0 Å². The van der Waals surface area contributed by atoms with Gasteiger partial charge in [-0.3, -0.25) is 4.79 Å². The van der Waals surface area contributed by atoms with Crippen molar-refractivity contribution in [3.05, 3.63) is 40.7 Å². The summed E-state index contributed by atoms with van der Waals surface area (Å²) >= 11 is 2.74. The van der Waals surface area contributed by atoms with E-state index in [9.17, 15) is 10.1 Å². The number of anilines is 1. The molecule has 1 aromatic heterocycles. The second-order valence-electron chi connectivity index (χ2n) is 5.22. The van der Waals surface area contributed by atoms with Crippen LogP contribution < -0.4 is 4.90 Å². The molecule has 2 heterocycles. The molecule has 0 N–H and O–H groups in total. The monoisotopic (exact) mass is 357 g/mol. The number of ketones is 1. The normalized spacial score (nSPS) is 15.2. The Balaban J connectivity index is 1.81. The standard InChI is InChI=1S/C16H15N5OS2/c1-10-18-19-16(20(10)2)23-9-13(22)11(8-17)15-21(3)12-6-4-5-7-14(12)24-15/h4-7H,9H2,1-3H3/b15-11-. The fraction of sp³-hybridized carbons (Fsp3) is 0.250. The summed E-state index contributed by atoms with van der Waals surface area (Å²) in [6, 6.07) is 9.93. The number of rotatable bonds is 4. The maximum Gasteiger partial charge on any atom is 0.191 e. The third-order valence-electron chi connectivity index (χ3n) is 3.73. The number of carbonyl (C=O) groups is 1. The first-order chi connectivity index (χ1) is 11.5. The lowest BCUT2D eigenvalue weighted by atomic mass is 10.2. The Morgan fingerprint density at radius 1 is 1.33 bits per heavy atom. The molecule has 0 atom stereocenters. The molecule has 0 fully saturated rings. The number of para-hydroxylation sites is 1. The van der Waals surface area contributed by atoms with E-state index in [1.807, 2.05) is 54.8 Å². The van der Waals surface area contributed by atoms with Gasteiger partial charge in [-0.2, -0.15) is 5.26 Å². The van der Waals surface area contributed by atoms with Crippen LogP contribution in [0.4, 0.5) is 5.69 Å². The van der Waals surface area contributed by atoms with Crippen LogP contribution in [0.2, 0.25) is 0 Å². The molecule has 122 valence electrons. The lowest BCUT2D eigenvalue weighted by Gasteiger charge is -2.14. The number of Topliss-reactive ketones (excluding diaryl/α,β-unsaturated/α-hetero) is 1. The van der Waals surface area contributed by atoms with Crippen molar-refractivity contribution in [1.29, 1.82) is 5.26 Å². The van der Waals surface area contributed by atoms with E-state index in [1.165, 1.54) is 23.5 Å². The molecule has 0 saturated heterocycles. The molecule has 8 heteroatoms. The third-order valence-corrected chi connectivity index (χ3v) is 5.98. The first kappa shape index (κ1) is 16.6. The first-order valence-electron chi connectivity index (χ1n) is 7.20. The van der Waals surface area contributed by atoms with E-state index in [0.29, 0.717) is 10.2 Å². The fourth-order valence-electron chi connectivity index (χ4n) is 2.27. The molecule has 0 bridgehead atoms. The zero-order valence-corrected chi connectivity index (χ0v) is 15.1. The molecule has 2 aromatic rings. The largest absolute Gasteiger partial charge is 0.337 e. The van der Waals surface area contributed by atoms with Crippen LogP contribution in [-0.2, 0) is 11.8 Å². The Bertz CT molecular complexity index is 881. The summed E-state index contributed by atoms with van der Waals surface area (Å²) < 4.78 is 1.82. The lowest BCUT2D eigenvalue weighted by Crippen LogP contribution is -2.16. The van der Waals surface area contributed by atoms with Gasteiger partial charge in [0.2, 0.25) is 0 Å². The molecule has 0 saturated carbocycles. The minimum atomic E-state index is -0.203. The topological polar surface area (TPSA) is 74.8 Å². The average Bonchev–Trinajstić information content (AvgIpc) is 3.08. The molecule has 1 aliphatic rings. The Morgan fingerprint density at radius 2 is 2.08 bits per heavy atom. The van der Waals surface area contributed by atoms with Crippen molar-refractivity contribution in [3.63, 3.8) is 0 Å². The van der Waals surface area contributed by atoms with Gasteiger partial charge in [-0.1, -0.05) is 35.7 Å². The molecule has 0 spiro atoms. The summed E-state index contributed by atoms with van der Waals surface area (Å²) in [4.78, 5) is 15.5. The number of hydrogen-bond donors (Lipinski definition) is 0. The van der Waals surface area contributed by atoms with Gasteiger partial charge in [-0.15, -0.1) is 10.2 Å². The van der Waals surface area contributed by atoms with E-state index in [4.69, 9.17) is 0 Å². The minimum Gasteiger partial charge on any atom is -0.337 e. The third kappa shape index (κ3) is 2.92. The molecular weight excluding hydrogens is 342 g/mol. The smallest absolute Gasteiger partial charge is 0.191 e. The summed E-state index contributed by atoms with van der Waals surface area (Å²) in [5.74, 6) is 0.735. The number of allylic oxidation sites excluding steroid dienone is 1. The zero-order valence-electron chi connectivity index (χ0n) is 13.5. The Hall–Kier alpha value is -2.24. The van der Waals surface area contributed by atoms with E-state index in [1.54, 1.807) is 0 Å². The number of carbonyl (C=O) groups excluding carboxylic acids is 1. The number of thioether (sulfide) groups is 2. The highest BCUT2D eigenvalue weighted by Crippen LogP contribution is 2.46. The Labute approximate surface area is 148 Å². The van der Waals surface area contributed by atoms with Gasteiger partial charge >= 0.3 is 0 Å². The summed E-state index contributed by atoms with van der Waals surface area (Å²) in [6.45, 7) is 1.85. The predicted octanol–water partition coefficient (Wildman–Crippen LogP) is 2.76. The van der Waals surface area contributed by atoms with Crippen molar-refractivity contribution in [1.82, 2.24) is 14.8 Å². The number of fused-ring (bicyclic) bond motifs is 1. The fourth-order valence-corrected chi connectivity index (χ4v) is 4.26. The van der Waals surface area contributed by atoms with Crippen LogP contribution in [0.3, 0.4) is 0 Å². The van der Waals surface area contributed by atoms with Gasteiger partial charge in [0.1, 0.15) is 22.5 Å².